The molecule has 0 aromatic carbocycles. The predicted molar refractivity (Wildman–Crippen MR) is 98.3 cm³/mol. The van der Waals surface area contributed by atoms with Gasteiger partial charge in [-0.25, -0.2) is 4.79 Å². The maximum atomic E-state index is 12.8. The quantitative estimate of drug-likeness (QED) is 0.195. The lowest BCUT2D eigenvalue weighted by molar-refractivity contribution is -0.146. The van der Waals surface area contributed by atoms with Crippen LogP contribution in [-0.2, 0) is 28.8 Å². The van der Waals surface area contributed by atoms with Gasteiger partial charge in [0.1, 0.15) is 24.8 Å². The summed E-state index contributed by atoms with van der Waals surface area (Å²) in [6.45, 7) is 0.698. The fourth-order valence-corrected chi connectivity index (χ4v) is 4.18. The van der Waals surface area contributed by atoms with Gasteiger partial charge in [0.15, 0.2) is 0 Å². The van der Waals surface area contributed by atoms with E-state index >= 15 is 0 Å². The van der Waals surface area contributed by atoms with E-state index in [1.54, 1.807) is 0 Å². The number of aliphatic carboxylic acids is 1. The molecule has 3 rings (SSSR count). The number of nitrogens with zero attached hydrogens (tertiary/aromatic N) is 4. The molecule has 1 fully saturated rings. The molecule has 0 radical (unpaired) electrons. The number of rotatable bonds is 7. The van der Waals surface area contributed by atoms with Crippen molar-refractivity contribution in [1.29, 1.82) is 0 Å². The first-order chi connectivity index (χ1) is 14.2. The highest BCUT2D eigenvalue weighted by Gasteiger charge is 2.49. The van der Waals surface area contributed by atoms with Crippen LogP contribution in [0.4, 0.5) is 6.01 Å². The Labute approximate surface area is 172 Å². The van der Waals surface area contributed by atoms with Crippen LogP contribution in [0.1, 0.15) is 19.2 Å². The molecule has 1 unspecified atom stereocenters. The standard InChI is InChI=1S/C15H16N6O8S/c1-5(22)28-4-6-10(14(25)26)21-7(23)3-8(21)30-13(6)18-12(24)9(19-27-2)11-17-15(16)29-20-11/h8,13H,3-4H2,1-2H3,(H,18,24)(H,25,26)(H2,16,17,20)/b19-9-/t8-,13?/m1/s1. The lowest BCUT2D eigenvalue weighted by Gasteiger charge is -2.46. The van der Waals surface area contributed by atoms with Gasteiger partial charge in [0, 0.05) is 12.5 Å². The molecule has 3 heterocycles. The van der Waals surface area contributed by atoms with Crippen LogP contribution in [0.3, 0.4) is 0 Å². The summed E-state index contributed by atoms with van der Waals surface area (Å²) in [6, 6.07) is -0.305. The maximum Gasteiger partial charge on any atom is 0.352 e. The molecule has 0 saturated carbocycles. The summed E-state index contributed by atoms with van der Waals surface area (Å²) < 4.78 is 9.56. The number of carboxylic acid groups (broad SMARTS) is 1. The van der Waals surface area contributed by atoms with E-state index in [1.165, 1.54) is 7.11 Å². The van der Waals surface area contributed by atoms with Crippen LogP contribution in [0.15, 0.2) is 20.9 Å². The maximum absolute atomic E-state index is 12.8. The Hall–Kier alpha value is -3.62. The zero-order chi connectivity index (χ0) is 22.0. The summed E-state index contributed by atoms with van der Waals surface area (Å²) in [4.78, 5) is 57.2. The van der Waals surface area contributed by atoms with E-state index in [4.69, 9.17) is 10.5 Å². The van der Waals surface area contributed by atoms with E-state index in [0.29, 0.717) is 0 Å². The lowest BCUT2D eigenvalue weighted by atomic mass is 10.1. The van der Waals surface area contributed by atoms with Crippen molar-refractivity contribution < 1.29 is 38.4 Å². The monoisotopic (exact) mass is 440 g/mol. The van der Waals surface area contributed by atoms with E-state index in [2.05, 4.69) is 30.0 Å². The molecule has 1 aromatic heterocycles. The summed E-state index contributed by atoms with van der Waals surface area (Å²) in [6.07, 6.45) is 0.0923. The Balaban J connectivity index is 1.93. The van der Waals surface area contributed by atoms with E-state index in [1.807, 2.05) is 0 Å². The van der Waals surface area contributed by atoms with Crippen LogP contribution in [-0.4, -0.2) is 74.1 Å². The minimum atomic E-state index is -1.40. The molecular formula is C15H16N6O8S. The molecule has 15 heteroatoms. The molecule has 14 nitrogen and oxygen atoms in total. The van der Waals surface area contributed by atoms with Gasteiger partial charge in [0.25, 0.3) is 5.91 Å². The molecule has 2 atom stereocenters. The molecular weight excluding hydrogens is 424 g/mol. The summed E-state index contributed by atoms with van der Waals surface area (Å²) in [5.41, 5.74) is 4.65. The number of carbonyl (C=O) groups is 4. The van der Waals surface area contributed by atoms with Crippen molar-refractivity contribution in [2.45, 2.75) is 24.1 Å². The molecule has 4 N–H and O–H groups in total. The Morgan fingerprint density at radius 1 is 1.47 bits per heavy atom. The van der Waals surface area contributed by atoms with Crippen molar-refractivity contribution in [3.8, 4) is 0 Å². The lowest BCUT2D eigenvalue weighted by Crippen LogP contribution is -2.58. The van der Waals surface area contributed by atoms with Gasteiger partial charge in [-0.3, -0.25) is 19.3 Å². The first-order valence-electron chi connectivity index (χ1n) is 8.31. The molecule has 30 heavy (non-hydrogen) atoms. The fraction of sp³-hybridized carbons (Fsp3) is 0.400. The molecule has 2 aliphatic rings. The van der Waals surface area contributed by atoms with Gasteiger partial charge in [-0.05, 0) is 0 Å². The summed E-state index contributed by atoms with van der Waals surface area (Å²) in [5, 5.41) is 17.8. The average Bonchev–Trinajstić information content (AvgIpc) is 3.09. The third kappa shape index (κ3) is 4.05. The normalized spacial score (nSPS) is 20.9. The highest BCUT2D eigenvalue weighted by Crippen LogP contribution is 2.43. The molecule has 2 aliphatic heterocycles. The molecule has 0 spiro atoms. The van der Waals surface area contributed by atoms with Crippen molar-refractivity contribution >= 4 is 47.2 Å². The van der Waals surface area contributed by atoms with Crippen LogP contribution in [0, 0.1) is 0 Å². The van der Waals surface area contributed by atoms with E-state index in [9.17, 15) is 24.3 Å². The molecule has 0 aliphatic carbocycles. The number of oxime groups is 1. The van der Waals surface area contributed by atoms with Crippen molar-refractivity contribution in [3.63, 3.8) is 0 Å². The van der Waals surface area contributed by atoms with Gasteiger partial charge < -0.3 is 30.3 Å². The SMILES string of the molecule is CO/N=C(\C(=O)NC1S[C@@H]2CC(=O)N2C(C(=O)O)=C1COC(C)=O)c1noc(N)n1. The van der Waals surface area contributed by atoms with Crippen molar-refractivity contribution in [1.82, 2.24) is 20.4 Å². The number of nitrogens with one attached hydrogen (secondary N) is 1. The minimum absolute atomic E-state index is 0.0183. The largest absolute Gasteiger partial charge is 0.477 e. The van der Waals surface area contributed by atoms with Crippen molar-refractivity contribution in [2.75, 3.05) is 19.5 Å². The second-order valence-corrected chi connectivity index (χ2v) is 7.24. The number of carbonyl (C=O) groups excluding carboxylic acids is 3. The van der Waals surface area contributed by atoms with Crippen LogP contribution < -0.4 is 11.1 Å². The van der Waals surface area contributed by atoms with Gasteiger partial charge in [0.2, 0.25) is 17.4 Å². The van der Waals surface area contributed by atoms with Crippen LogP contribution in [0.2, 0.25) is 0 Å². The second kappa shape index (κ2) is 8.40. The van der Waals surface area contributed by atoms with Gasteiger partial charge in [0.05, 0.1) is 11.8 Å². The molecule has 2 amide bonds. The third-order valence-electron chi connectivity index (χ3n) is 4.01. The van der Waals surface area contributed by atoms with Crippen LogP contribution in [0.25, 0.3) is 0 Å². The predicted octanol–water partition coefficient (Wildman–Crippen LogP) is -1.35. The number of carboxylic acids is 1. The smallest absolute Gasteiger partial charge is 0.352 e. The highest BCUT2D eigenvalue weighted by atomic mass is 32.2. The molecule has 160 valence electrons. The number of nitrogens with two attached hydrogens (primary N) is 1. The minimum Gasteiger partial charge on any atom is -0.477 e. The number of aromatic nitrogens is 2. The Morgan fingerprint density at radius 2 is 2.20 bits per heavy atom. The third-order valence-corrected chi connectivity index (χ3v) is 5.37. The fourth-order valence-electron chi connectivity index (χ4n) is 2.76. The number of hydrogen-bond acceptors (Lipinski definition) is 12. The number of anilines is 1. The number of fused-ring (bicyclic) bond motifs is 1. The number of esters is 1. The zero-order valence-electron chi connectivity index (χ0n) is 15.6. The molecule has 1 saturated heterocycles. The van der Waals surface area contributed by atoms with Gasteiger partial charge in [-0.2, -0.15) is 4.98 Å². The number of nitrogen functional groups attached to an aromatic ring is 1. The van der Waals surface area contributed by atoms with Crippen molar-refractivity contribution in [3.05, 3.63) is 17.1 Å². The number of ether oxygens (including phenoxy) is 1. The Kier molecular flexibility index (Phi) is 5.91. The van der Waals surface area contributed by atoms with E-state index in [-0.39, 0.29) is 41.1 Å². The number of thioether (sulfide) groups is 1. The Morgan fingerprint density at radius 3 is 2.73 bits per heavy atom. The van der Waals surface area contributed by atoms with Crippen LogP contribution >= 0.6 is 11.8 Å². The average molecular weight is 440 g/mol. The van der Waals surface area contributed by atoms with E-state index < -0.39 is 35.2 Å². The van der Waals surface area contributed by atoms with Gasteiger partial charge in [-0.15, -0.1) is 11.8 Å². The summed E-state index contributed by atoms with van der Waals surface area (Å²) in [7, 11) is 1.19. The zero-order valence-corrected chi connectivity index (χ0v) is 16.5. The number of β-lactam (4-membered cyclic amide) rings is 1. The van der Waals surface area contributed by atoms with Crippen LogP contribution in [0.5, 0.6) is 0 Å². The first kappa shape index (κ1) is 21.1. The summed E-state index contributed by atoms with van der Waals surface area (Å²) >= 11 is 1.11. The van der Waals surface area contributed by atoms with E-state index in [0.717, 1.165) is 23.6 Å². The Bertz CT molecular complexity index is 972. The van der Waals surface area contributed by atoms with Gasteiger partial charge >= 0.3 is 18.0 Å². The summed E-state index contributed by atoms with van der Waals surface area (Å²) in [5.74, 6) is -3.54. The first-order valence-corrected chi connectivity index (χ1v) is 9.26. The molecule has 0 bridgehead atoms. The number of amides is 2. The molecule has 1 aromatic rings. The van der Waals surface area contributed by atoms with Gasteiger partial charge in [-0.1, -0.05) is 10.3 Å². The topological polar surface area (TPSA) is 200 Å². The number of hydrogen-bond donors (Lipinski definition) is 3. The van der Waals surface area contributed by atoms with Crippen molar-refractivity contribution in [2.24, 2.45) is 5.16 Å². The second-order valence-electron chi connectivity index (χ2n) is 5.95. The highest BCUT2D eigenvalue weighted by molar-refractivity contribution is 8.00.